The first-order chi connectivity index (χ1) is 12.9. The molecule has 1 aromatic rings. The molecule has 0 amide bonds. The van der Waals surface area contributed by atoms with Crippen molar-refractivity contribution in [2.45, 2.75) is 78.6 Å². The number of benzene rings is 1. The Morgan fingerprint density at radius 2 is 1.40 bits per heavy atom. The van der Waals surface area contributed by atoms with Crippen LogP contribution in [0.3, 0.4) is 0 Å². The van der Waals surface area contributed by atoms with Crippen molar-refractivity contribution in [3.63, 3.8) is 0 Å². The van der Waals surface area contributed by atoms with Gasteiger partial charge in [-0.15, -0.1) is 0 Å². The van der Waals surface area contributed by atoms with Crippen LogP contribution in [-0.4, -0.2) is 112 Å². The van der Waals surface area contributed by atoms with E-state index in [0.29, 0.717) is 19.3 Å². The van der Waals surface area contributed by atoms with Gasteiger partial charge in [0.15, 0.2) is 0 Å². The van der Waals surface area contributed by atoms with Gasteiger partial charge < -0.3 is 9.84 Å². The van der Waals surface area contributed by atoms with E-state index in [-0.39, 0.29) is 101 Å². The van der Waals surface area contributed by atoms with E-state index >= 15 is 0 Å². The zero-order valence-corrected chi connectivity index (χ0v) is 16.9. The normalized spacial score (nSPS) is 9.07. The second kappa shape index (κ2) is 26.1. The fourth-order valence-electron chi connectivity index (χ4n) is 2.62. The number of carboxylic acids is 1. The number of hydrogen-bond acceptors (Lipinski definition) is 4. The average Bonchev–Trinajstić information content (AvgIpc) is 2.63. The van der Waals surface area contributed by atoms with E-state index in [4.69, 9.17) is 9.84 Å². The van der Waals surface area contributed by atoms with Crippen LogP contribution in [0.5, 0.6) is 0 Å². The van der Waals surface area contributed by atoms with Crippen LogP contribution in [0.4, 0.5) is 0 Å². The number of rotatable bonds is 11. The Morgan fingerprint density at radius 3 is 1.80 bits per heavy atom. The molecular formula is C22H37Na3O5. The number of carboxylic acid groups (broad SMARTS) is 1. The maximum atomic E-state index is 11.9. The molecule has 0 unspecified atom stereocenters. The predicted molar refractivity (Wildman–Crippen MR) is 128 cm³/mol. The third-order valence-corrected chi connectivity index (χ3v) is 3.98. The summed E-state index contributed by atoms with van der Waals surface area (Å²) >= 11 is 0. The van der Waals surface area contributed by atoms with Crippen molar-refractivity contribution in [2.24, 2.45) is 5.92 Å². The summed E-state index contributed by atoms with van der Waals surface area (Å²) < 4.78 is 4.98. The molecule has 5 nitrogen and oxygen atoms in total. The van der Waals surface area contributed by atoms with Gasteiger partial charge in [0, 0.05) is 12.8 Å². The van der Waals surface area contributed by atoms with E-state index in [1.807, 2.05) is 51.1 Å². The molecule has 0 heterocycles. The summed E-state index contributed by atoms with van der Waals surface area (Å²) in [6.07, 6.45) is 6.32. The zero-order chi connectivity index (χ0) is 20.5. The van der Waals surface area contributed by atoms with Crippen molar-refractivity contribution in [3.05, 3.63) is 35.9 Å². The molecule has 0 saturated heterocycles. The fraction of sp³-hybridized carbons (Fsp3) is 0.591. The van der Waals surface area contributed by atoms with Crippen LogP contribution < -0.4 is 0 Å². The summed E-state index contributed by atoms with van der Waals surface area (Å²) in [6, 6.07) is 10.0. The van der Waals surface area contributed by atoms with Crippen LogP contribution in [0.15, 0.2) is 30.3 Å². The van der Waals surface area contributed by atoms with Crippen molar-refractivity contribution >= 4 is 107 Å². The number of ether oxygens (including phenoxy) is 1. The van der Waals surface area contributed by atoms with E-state index in [1.165, 1.54) is 5.56 Å². The fourth-order valence-corrected chi connectivity index (χ4v) is 2.62. The van der Waals surface area contributed by atoms with Crippen LogP contribution >= 0.6 is 0 Å². The second-order valence-corrected chi connectivity index (χ2v) is 6.55. The number of aryl methyl sites for hydroxylation is 1. The van der Waals surface area contributed by atoms with Crippen molar-refractivity contribution in [1.82, 2.24) is 0 Å². The van der Waals surface area contributed by atoms with Gasteiger partial charge in [-0.25, -0.2) is 0 Å². The Labute approximate surface area is 248 Å². The number of aliphatic carboxylic acids is 1. The van der Waals surface area contributed by atoms with Gasteiger partial charge in [0.05, 0.1) is 5.92 Å². The molecule has 0 spiro atoms. The van der Waals surface area contributed by atoms with Gasteiger partial charge in [0.2, 0.25) is 0 Å². The monoisotopic (exact) mass is 450 g/mol. The van der Waals surface area contributed by atoms with Crippen molar-refractivity contribution in [2.75, 3.05) is 0 Å². The van der Waals surface area contributed by atoms with Crippen LogP contribution in [0, 0.1) is 5.92 Å². The number of carbonyl (C=O) groups is 3. The molecule has 0 aliphatic heterocycles. The molecule has 1 N–H and O–H groups in total. The molecule has 0 bridgehead atoms. The molecule has 0 fully saturated rings. The SMILES string of the molecule is CCCC(=O)O.CCCC(CCC)C(=O)OC(=O)CCCc1ccccc1.[NaH].[NaH].[NaH]. The summed E-state index contributed by atoms with van der Waals surface area (Å²) in [4.78, 5) is 33.2. The molecule has 1 aromatic carbocycles. The van der Waals surface area contributed by atoms with Crippen LogP contribution in [0.25, 0.3) is 0 Å². The standard InChI is InChI=1S/C18H26O3.C4H8O2.3Na.3H/c1-3-9-16(10-4-2)18(20)21-17(19)14-8-13-15-11-6-5-7-12-15;1-2-3-4(5)6;;;;;;/h5-7,11-12,16H,3-4,8-10,13-14H2,1-2H3;2-3H2,1H3,(H,5,6);;;;;;. The van der Waals surface area contributed by atoms with E-state index in [1.54, 1.807) is 0 Å². The van der Waals surface area contributed by atoms with Crippen LogP contribution in [-0.2, 0) is 25.5 Å². The Morgan fingerprint density at radius 1 is 0.867 bits per heavy atom. The molecule has 158 valence electrons. The Bertz CT molecular complexity index is 547. The topological polar surface area (TPSA) is 80.7 Å². The van der Waals surface area contributed by atoms with Crippen molar-refractivity contribution in [3.8, 4) is 0 Å². The third-order valence-electron chi connectivity index (χ3n) is 3.98. The predicted octanol–water partition coefficient (Wildman–Crippen LogP) is 3.22. The van der Waals surface area contributed by atoms with E-state index in [0.717, 1.165) is 38.5 Å². The zero-order valence-electron chi connectivity index (χ0n) is 16.9. The quantitative estimate of drug-likeness (QED) is 0.318. The molecule has 0 radical (unpaired) electrons. The van der Waals surface area contributed by atoms with Crippen molar-refractivity contribution in [1.29, 1.82) is 0 Å². The third kappa shape index (κ3) is 22.0. The minimum atomic E-state index is -0.711. The molecule has 0 aromatic heterocycles. The second-order valence-electron chi connectivity index (χ2n) is 6.55. The summed E-state index contributed by atoms with van der Waals surface area (Å²) in [7, 11) is 0. The molecule has 30 heavy (non-hydrogen) atoms. The first-order valence-corrected chi connectivity index (χ1v) is 9.94. The molecule has 0 saturated carbocycles. The van der Waals surface area contributed by atoms with Crippen molar-refractivity contribution < 1.29 is 24.2 Å². The Kier molecular flexibility index (Phi) is 33.1. The number of esters is 2. The van der Waals surface area contributed by atoms with Gasteiger partial charge in [-0.05, 0) is 37.7 Å². The molecule has 0 aliphatic carbocycles. The number of hydrogen-bond donors (Lipinski definition) is 1. The van der Waals surface area contributed by atoms with Gasteiger partial charge in [-0.2, -0.15) is 0 Å². The minimum absolute atomic E-state index is 0. The van der Waals surface area contributed by atoms with Gasteiger partial charge >= 0.3 is 107 Å². The molecule has 0 atom stereocenters. The summed E-state index contributed by atoms with van der Waals surface area (Å²) in [5.41, 5.74) is 1.20. The summed E-state index contributed by atoms with van der Waals surface area (Å²) in [5.74, 6) is -1.58. The van der Waals surface area contributed by atoms with Gasteiger partial charge in [-0.1, -0.05) is 63.9 Å². The van der Waals surface area contributed by atoms with E-state index in [2.05, 4.69) is 0 Å². The first kappa shape index (κ1) is 38.1. The molecular weight excluding hydrogens is 413 g/mol. The summed E-state index contributed by atoms with van der Waals surface area (Å²) in [6.45, 7) is 5.92. The van der Waals surface area contributed by atoms with Crippen LogP contribution in [0.2, 0.25) is 0 Å². The molecule has 8 heteroatoms. The molecule has 1 rings (SSSR count). The Hall–Kier alpha value is 0.830. The first-order valence-electron chi connectivity index (χ1n) is 9.94. The van der Waals surface area contributed by atoms with Crippen LogP contribution in [0.1, 0.15) is 77.7 Å². The summed E-state index contributed by atoms with van der Waals surface area (Å²) in [5, 5.41) is 7.91. The Balaban J connectivity index is -0.000000330. The van der Waals surface area contributed by atoms with Gasteiger partial charge in [0.25, 0.3) is 0 Å². The van der Waals surface area contributed by atoms with Gasteiger partial charge in [-0.3, -0.25) is 14.4 Å². The van der Waals surface area contributed by atoms with E-state index in [9.17, 15) is 14.4 Å². The number of carbonyl (C=O) groups excluding carboxylic acids is 2. The average molecular weight is 451 g/mol. The van der Waals surface area contributed by atoms with Gasteiger partial charge in [0.1, 0.15) is 0 Å². The van der Waals surface area contributed by atoms with E-state index < -0.39 is 11.9 Å². The molecule has 0 aliphatic rings. The maximum absolute atomic E-state index is 11.9.